The monoisotopic (exact) mass is 705 g/mol. The number of hydrogen-bond acceptors (Lipinski definition) is 9. The third-order valence-electron chi connectivity index (χ3n) is 10.4. The third-order valence-corrected chi connectivity index (χ3v) is 10.4. The Morgan fingerprint density at radius 1 is 1.18 bits per heavy atom. The Morgan fingerprint density at radius 2 is 1.84 bits per heavy atom. The Balaban J connectivity index is 1.70. The second-order valence-corrected chi connectivity index (χ2v) is 15.0. The molecule has 3 aliphatic rings. The van der Waals surface area contributed by atoms with Gasteiger partial charge in [-0.2, -0.15) is 0 Å². The predicted octanol–water partition coefficient (Wildman–Crippen LogP) is 5.86. The SMILES string of the molecule is CCCN(C)C(=O)OCC(C)/C=C/C=C(\C)[C@H]1OC(=O)C[C@@H](O)CC[C@](C)(O)[C@@H](OC(=O)N2CC[N+]([O-])(C3CCCCCC3)CC2)/C=C/[C@@H]1C. The van der Waals surface area contributed by atoms with Gasteiger partial charge in [0.25, 0.3) is 0 Å². The normalized spacial score (nSPS) is 30.3. The van der Waals surface area contributed by atoms with Gasteiger partial charge in [0.05, 0.1) is 51.4 Å². The zero-order valence-corrected chi connectivity index (χ0v) is 31.3. The number of allylic oxidation sites excluding steroid dienone is 2. The van der Waals surface area contributed by atoms with Crippen molar-refractivity contribution in [1.82, 2.24) is 9.80 Å². The van der Waals surface area contributed by atoms with Gasteiger partial charge in [-0.1, -0.05) is 57.9 Å². The highest BCUT2D eigenvalue weighted by atomic mass is 16.6. The summed E-state index contributed by atoms with van der Waals surface area (Å²) in [5.41, 5.74) is -0.787. The Morgan fingerprint density at radius 3 is 2.48 bits per heavy atom. The Bertz CT molecular complexity index is 1190. The molecule has 284 valence electrons. The smallest absolute Gasteiger partial charge is 0.410 e. The molecule has 2 amide bonds. The molecule has 1 saturated carbocycles. The second-order valence-electron chi connectivity index (χ2n) is 15.0. The molecule has 12 heteroatoms. The van der Waals surface area contributed by atoms with Crippen LogP contribution in [0.25, 0.3) is 0 Å². The fourth-order valence-corrected chi connectivity index (χ4v) is 7.00. The number of aliphatic hydroxyl groups is 2. The van der Waals surface area contributed by atoms with Crippen LogP contribution in [-0.4, -0.2) is 119 Å². The van der Waals surface area contributed by atoms with Gasteiger partial charge >= 0.3 is 18.2 Å². The highest BCUT2D eigenvalue weighted by molar-refractivity contribution is 5.70. The van der Waals surface area contributed by atoms with Gasteiger partial charge < -0.3 is 39.2 Å². The van der Waals surface area contributed by atoms with Crippen LogP contribution in [0.5, 0.6) is 0 Å². The fourth-order valence-electron chi connectivity index (χ4n) is 7.00. The van der Waals surface area contributed by atoms with E-state index in [1.165, 1.54) is 12.8 Å². The molecule has 1 unspecified atom stereocenters. The lowest BCUT2D eigenvalue weighted by molar-refractivity contribution is -0.909. The molecule has 2 N–H and O–H groups in total. The van der Waals surface area contributed by atoms with Gasteiger partial charge in [-0.25, -0.2) is 9.59 Å². The van der Waals surface area contributed by atoms with Crippen molar-refractivity contribution in [3.8, 4) is 0 Å². The van der Waals surface area contributed by atoms with E-state index in [4.69, 9.17) is 14.2 Å². The molecule has 2 aliphatic heterocycles. The van der Waals surface area contributed by atoms with Crippen LogP contribution in [0.2, 0.25) is 0 Å². The van der Waals surface area contributed by atoms with Gasteiger partial charge in [-0.3, -0.25) is 9.69 Å². The first-order chi connectivity index (χ1) is 23.6. The molecule has 12 nitrogen and oxygen atoms in total. The van der Waals surface area contributed by atoms with Crippen LogP contribution in [-0.2, 0) is 19.0 Å². The summed E-state index contributed by atoms with van der Waals surface area (Å²) in [5.74, 6) is -0.985. The van der Waals surface area contributed by atoms with Gasteiger partial charge in [0, 0.05) is 25.4 Å². The van der Waals surface area contributed by atoms with Crippen molar-refractivity contribution in [3.63, 3.8) is 0 Å². The number of nitrogens with zero attached hydrogens (tertiary/aromatic N) is 3. The fraction of sp³-hybridized carbons (Fsp3) is 0.763. The molecule has 0 bridgehead atoms. The average molecular weight is 706 g/mol. The molecule has 50 heavy (non-hydrogen) atoms. The minimum atomic E-state index is -1.53. The average Bonchev–Trinajstić information content (AvgIpc) is 3.37. The van der Waals surface area contributed by atoms with Crippen molar-refractivity contribution in [3.05, 3.63) is 41.2 Å². The number of hydroxylamine groups is 3. The zero-order chi connectivity index (χ0) is 36.9. The molecule has 0 aromatic rings. The molecule has 0 aromatic carbocycles. The van der Waals surface area contributed by atoms with Crippen LogP contribution in [0, 0.1) is 17.0 Å². The lowest BCUT2D eigenvalue weighted by Gasteiger charge is -2.53. The number of hydrogen-bond donors (Lipinski definition) is 2. The van der Waals surface area contributed by atoms with Crippen molar-refractivity contribution in [2.45, 2.75) is 129 Å². The summed E-state index contributed by atoms with van der Waals surface area (Å²) in [4.78, 5) is 41.5. The van der Waals surface area contributed by atoms with Crippen LogP contribution in [0.3, 0.4) is 0 Å². The molecule has 6 atom stereocenters. The van der Waals surface area contributed by atoms with E-state index in [1.54, 1.807) is 35.9 Å². The van der Waals surface area contributed by atoms with E-state index in [9.17, 15) is 29.8 Å². The maximum atomic E-state index is 13.7. The van der Waals surface area contributed by atoms with Crippen LogP contribution >= 0.6 is 0 Å². The summed E-state index contributed by atoms with van der Waals surface area (Å²) in [6.07, 6.45) is 12.4. The Kier molecular flexibility index (Phi) is 16.3. The zero-order valence-electron chi connectivity index (χ0n) is 31.3. The van der Waals surface area contributed by atoms with Crippen molar-refractivity contribution >= 4 is 18.2 Å². The van der Waals surface area contributed by atoms with E-state index < -0.39 is 36.0 Å². The number of piperazine rings is 1. The van der Waals surface area contributed by atoms with Gasteiger partial charge in [-0.15, -0.1) is 0 Å². The molecule has 1 aliphatic carbocycles. The molecule has 0 spiro atoms. The topological polar surface area (TPSA) is 149 Å². The van der Waals surface area contributed by atoms with E-state index in [1.807, 2.05) is 45.9 Å². The Labute approximate surface area is 299 Å². The first-order valence-corrected chi connectivity index (χ1v) is 18.7. The minimum absolute atomic E-state index is 0.0530. The first kappa shape index (κ1) is 41.5. The maximum Gasteiger partial charge on any atom is 0.410 e. The lowest BCUT2D eigenvalue weighted by atomic mass is 9.89. The first-order valence-electron chi connectivity index (χ1n) is 18.7. The van der Waals surface area contributed by atoms with Gasteiger partial charge in [0.1, 0.15) is 11.7 Å². The number of amides is 2. The number of carbonyl (C=O) groups excluding carboxylic acids is 3. The summed E-state index contributed by atoms with van der Waals surface area (Å²) in [6, 6.07) is 0.0827. The number of ether oxygens (including phenoxy) is 3. The number of cyclic esters (lactones) is 1. The molecule has 1 saturated heterocycles. The third kappa shape index (κ3) is 12.7. The Hall–Kier alpha value is -2.93. The summed E-state index contributed by atoms with van der Waals surface area (Å²) >= 11 is 0. The number of aliphatic hydroxyl groups excluding tert-OH is 1. The molecule has 0 aromatic heterocycles. The quantitative estimate of drug-likeness (QED) is 0.0572. The predicted molar refractivity (Wildman–Crippen MR) is 192 cm³/mol. The molecule has 2 heterocycles. The number of quaternary nitrogens is 1. The molecular formula is C38H63N3O9. The van der Waals surface area contributed by atoms with E-state index in [0.29, 0.717) is 32.7 Å². The van der Waals surface area contributed by atoms with Gasteiger partial charge in [0.2, 0.25) is 0 Å². The molecule has 3 rings (SSSR count). The number of rotatable bonds is 9. The van der Waals surface area contributed by atoms with Crippen LogP contribution in [0.15, 0.2) is 36.0 Å². The maximum absolute atomic E-state index is 13.7. The lowest BCUT2D eigenvalue weighted by Crippen LogP contribution is -2.61. The summed E-state index contributed by atoms with van der Waals surface area (Å²) in [6.45, 7) is 11.3. The molecule has 0 radical (unpaired) electrons. The van der Waals surface area contributed by atoms with E-state index in [2.05, 4.69) is 0 Å². The van der Waals surface area contributed by atoms with Gasteiger partial charge in [0.15, 0.2) is 6.10 Å². The standard InChI is InChI=1S/C38H63N3O9/c1-7-21-39(6)36(44)48-27-28(2)13-12-14-29(3)35-30(4)17-18-33(38(5,46)20-19-32(42)26-34(43)50-35)49-37(45)40-22-24-41(47,25-23-40)31-15-10-8-9-11-16-31/h12-14,17-18,28,30-33,35,42,46H,7-11,15-16,19-27H2,1-6H3/b13-12+,18-17+,29-14+/t28?,30-,32-,33-,35+,38-/m0/s1. The van der Waals surface area contributed by atoms with Crippen molar-refractivity contribution in [2.75, 3.05) is 46.4 Å². The number of carbonyl (C=O) groups is 3. The van der Waals surface area contributed by atoms with E-state index in [-0.39, 0.29) is 54.5 Å². The highest BCUT2D eigenvalue weighted by Gasteiger charge is 2.39. The second kappa shape index (κ2) is 19.6. The minimum Gasteiger partial charge on any atom is -0.632 e. The summed E-state index contributed by atoms with van der Waals surface area (Å²) in [5, 5.41) is 35.9. The summed E-state index contributed by atoms with van der Waals surface area (Å²) < 4.78 is 16.9. The van der Waals surface area contributed by atoms with Crippen molar-refractivity contribution < 1.29 is 43.5 Å². The van der Waals surface area contributed by atoms with Crippen LogP contribution in [0.4, 0.5) is 9.59 Å². The molecule has 2 fully saturated rings. The van der Waals surface area contributed by atoms with Crippen LogP contribution < -0.4 is 0 Å². The van der Waals surface area contributed by atoms with Gasteiger partial charge in [-0.05, 0) is 70.4 Å². The molecular weight excluding hydrogens is 642 g/mol. The van der Waals surface area contributed by atoms with Crippen molar-refractivity contribution in [2.24, 2.45) is 11.8 Å². The van der Waals surface area contributed by atoms with Crippen molar-refractivity contribution in [1.29, 1.82) is 0 Å². The van der Waals surface area contributed by atoms with Crippen LogP contribution in [0.1, 0.15) is 98.8 Å². The highest BCUT2D eigenvalue weighted by Crippen LogP contribution is 2.30. The van der Waals surface area contributed by atoms with E-state index >= 15 is 0 Å². The number of esters is 1. The summed E-state index contributed by atoms with van der Waals surface area (Å²) in [7, 11) is 1.70. The van der Waals surface area contributed by atoms with E-state index in [0.717, 1.165) is 37.7 Å². The largest absolute Gasteiger partial charge is 0.632 e.